The molecule has 16 heteroatoms. The van der Waals surface area contributed by atoms with E-state index in [-0.39, 0.29) is 12.4 Å². The van der Waals surface area contributed by atoms with Crippen molar-refractivity contribution in [2.75, 3.05) is 25.6 Å². The zero-order chi connectivity index (χ0) is 23.3. The second kappa shape index (κ2) is 11.6. The first kappa shape index (κ1) is 26.0. The van der Waals surface area contributed by atoms with Gasteiger partial charge in [0.2, 0.25) is 0 Å². The number of carbonyl (C=O) groups is 1. The highest BCUT2D eigenvalue weighted by molar-refractivity contribution is 6.18. The van der Waals surface area contributed by atoms with Gasteiger partial charge >= 0.3 is 6.03 Å². The van der Waals surface area contributed by atoms with Crippen LogP contribution in [0.2, 0.25) is 0 Å². The van der Waals surface area contributed by atoms with Crippen molar-refractivity contribution in [3.63, 3.8) is 0 Å². The van der Waals surface area contributed by atoms with Crippen LogP contribution in [0.15, 0.2) is 5.29 Å². The average Bonchev–Trinajstić information content (AvgIpc) is 2.76. The summed E-state index contributed by atoms with van der Waals surface area (Å²) in [6.45, 7) is -1.75. The number of nitrogens with zero attached hydrogens (tertiary/aromatic N) is 2. The first-order valence-electron chi connectivity index (χ1n) is 9.25. The van der Waals surface area contributed by atoms with E-state index in [1.165, 1.54) is 0 Å². The van der Waals surface area contributed by atoms with Crippen LogP contribution in [0.25, 0.3) is 0 Å². The van der Waals surface area contributed by atoms with Crippen molar-refractivity contribution in [2.24, 2.45) is 5.29 Å². The summed E-state index contributed by atoms with van der Waals surface area (Å²) >= 11 is 5.45. The third-order valence-corrected chi connectivity index (χ3v) is 5.07. The maximum Gasteiger partial charge on any atom is 0.342 e. The van der Waals surface area contributed by atoms with E-state index in [1.54, 1.807) is 0 Å². The molecule has 31 heavy (non-hydrogen) atoms. The number of aliphatic hydroxyl groups excluding tert-OH is 7. The Morgan fingerprint density at radius 3 is 2.16 bits per heavy atom. The van der Waals surface area contributed by atoms with Gasteiger partial charge in [-0.2, -0.15) is 5.01 Å². The Morgan fingerprint density at radius 1 is 0.968 bits per heavy atom. The SMILES string of the molecule is O=NN(CCCl)C(=O)N[C@@H]1O[C@H](CO)[C@@H](O[C@@H]2O[C@H](CO)[C@H](O)[C@H](O)[C@H]2O)[C@H](O)[C@H]1O. The van der Waals surface area contributed by atoms with Crippen molar-refractivity contribution in [1.29, 1.82) is 0 Å². The van der Waals surface area contributed by atoms with Crippen LogP contribution in [0.3, 0.4) is 0 Å². The van der Waals surface area contributed by atoms with Crippen LogP contribution >= 0.6 is 11.6 Å². The summed E-state index contributed by atoms with van der Waals surface area (Å²) in [4.78, 5) is 22.7. The molecule has 10 atom stereocenters. The molecule has 8 N–H and O–H groups in total. The minimum atomic E-state index is -1.83. The van der Waals surface area contributed by atoms with Crippen LogP contribution in [0.5, 0.6) is 0 Å². The molecule has 0 aliphatic carbocycles. The third kappa shape index (κ3) is 5.77. The predicted molar refractivity (Wildman–Crippen MR) is 98.2 cm³/mol. The van der Waals surface area contributed by atoms with Gasteiger partial charge in [-0.1, -0.05) is 0 Å². The predicted octanol–water partition coefficient (Wildman–Crippen LogP) is -4.46. The molecule has 2 saturated heterocycles. The second-order valence-corrected chi connectivity index (χ2v) is 7.28. The van der Waals surface area contributed by atoms with Crippen LogP contribution in [0.1, 0.15) is 0 Å². The maximum absolute atomic E-state index is 12.0. The van der Waals surface area contributed by atoms with Crippen molar-refractivity contribution in [2.45, 2.75) is 61.3 Å². The fraction of sp³-hybridized carbons (Fsp3) is 0.933. The topological polar surface area (TPSA) is 231 Å². The summed E-state index contributed by atoms with van der Waals surface area (Å²) in [5, 5.41) is 74.3. The number of hydrogen-bond acceptors (Lipinski definition) is 13. The van der Waals surface area contributed by atoms with E-state index in [0.29, 0.717) is 5.01 Å². The number of alkyl halides is 1. The quantitative estimate of drug-likeness (QED) is 0.0943. The molecule has 0 aromatic heterocycles. The molecule has 15 nitrogen and oxygen atoms in total. The molecular formula is C15H26ClN3O12. The molecule has 0 spiro atoms. The van der Waals surface area contributed by atoms with Gasteiger partial charge in [-0.05, 0) is 0 Å². The molecule has 0 radical (unpaired) electrons. The molecule has 2 rings (SSSR count). The van der Waals surface area contributed by atoms with Crippen LogP contribution < -0.4 is 5.32 Å². The number of carbonyl (C=O) groups excluding carboxylic acids is 1. The molecule has 2 aliphatic rings. The number of aliphatic hydroxyl groups is 7. The van der Waals surface area contributed by atoms with Crippen LogP contribution in [-0.2, 0) is 14.2 Å². The first-order valence-corrected chi connectivity index (χ1v) is 9.79. The Labute approximate surface area is 180 Å². The van der Waals surface area contributed by atoms with Gasteiger partial charge in [-0.25, -0.2) is 4.79 Å². The highest BCUT2D eigenvalue weighted by Crippen LogP contribution is 2.28. The molecule has 0 bridgehead atoms. The van der Waals surface area contributed by atoms with Crippen molar-refractivity contribution in [3.05, 3.63) is 4.91 Å². The van der Waals surface area contributed by atoms with Gasteiger partial charge in [-0.3, -0.25) is 0 Å². The first-order chi connectivity index (χ1) is 14.7. The number of nitrogens with one attached hydrogen (secondary N) is 1. The van der Waals surface area contributed by atoms with Crippen molar-refractivity contribution < 1.29 is 54.8 Å². The second-order valence-electron chi connectivity index (χ2n) is 6.90. The zero-order valence-corrected chi connectivity index (χ0v) is 16.8. The number of amides is 2. The normalized spacial score (nSPS) is 40.9. The van der Waals surface area contributed by atoms with E-state index >= 15 is 0 Å². The highest BCUT2D eigenvalue weighted by atomic mass is 35.5. The van der Waals surface area contributed by atoms with Crippen molar-refractivity contribution >= 4 is 17.6 Å². The van der Waals surface area contributed by atoms with Crippen molar-refractivity contribution in [3.8, 4) is 0 Å². The van der Waals surface area contributed by atoms with E-state index < -0.39 is 80.6 Å². The van der Waals surface area contributed by atoms with Gasteiger partial charge in [0.1, 0.15) is 48.8 Å². The molecule has 0 unspecified atom stereocenters. The summed E-state index contributed by atoms with van der Waals surface area (Å²) in [5.41, 5.74) is 0. The van der Waals surface area contributed by atoms with Gasteiger partial charge in [0, 0.05) is 5.88 Å². The van der Waals surface area contributed by atoms with Crippen LogP contribution in [-0.4, -0.2) is 134 Å². The minimum Gasteiger partial charge on any atom is -0.394 e. The fourth-order valence-corrected chi connectivity index (χ4v) is 3.32. The minimum absolute atomic E-state index is 0.107. The molecule has 2 fully saturated rings. The van der Waals surface area contributed by atoms with E-state index in [1.807, 2.05) is 0 Å². The van der Waals surface area contributed by atoms with Gasteiger partial charge in [0.15, 0.2) is 12.5 Å². The van der Waals surface area contributed by atoms with E-state index in [4.69, 9.17) is 25.8 Å². The van der Waals surface area contributed by atoms with E-state index in [2.05, 4.69) is 10.6 Å². The average molecular weight is 476 g/mol. The summed E-state index contributed by atoms with van der Waals surface area (Å²) in [5.74, 6) is -0.107. The molecule has 2 amide bonds. The maximum atomic E-state index is 12.0. The lowest BCUT2D eigenvalue weighted by atomic mass is 9.96. The van der Waals surface area contributed by atoms with Crippen LogP contribution in [0.4, 0.5) is 4.79 Å². The summed E-state index contributed by atoms with van der Waals surface area (Å²) in [7, 11) is 0. The van der Waals surface area contributed by atoms with Crippen molar-refractivity contribution in [1.82, 2.24) is 10.3 Å². The van der Waals surface area contributed by atoms with Gasteiger partial charge in [0.25, 0.3) is 0 Å². The zero-order valence-electron chi connectivity index (χ0n) is 16.0. The number of nitroso groups, excluding NO2 is 1. The summed E-state index contributed by atoms with van der Waals surface area (Å²) < 4.78 is 15.9. The largest absolute Gasteiger partial charge is 0.394 e. The highest BCUT2D eigenvalue weighted by Gasteiger charge is 2.50. The molecule has 2 heterocycles. The molecular weight excluding hydrogens is 450 g/mol. The Balaban J connectivity index is 2.10. The molecule has 2 aliphatic heterocycles. The fourth-order valence-electron chi connectivity index (χ4n) is 3.16. The third-order valence-electron chi connectivity index (χ3n) is 4.90. The summed E-state index contributed by atoms with van der Waals surface area (Å²) in [6.07, 6.45) is -16.3. The van der Waals surface area contributed by atoms with Gasteiger partial charge in [-0.15, -0.1) is 16.5 Å². The number of ether oxygens (including phenoxy) is 3. The van der Waals surface area contributed by atoms with Gasteiger partial charge in [0.05, 0.1) is 25.0 Å². The molecule has 0 aromatic rings. The van der Waals surface area contributed by atoms with Crippen LogP contribution in [0, 0.1) is 4.91 Å². The van der Waals surface area contributed by atoms with E-state index in [0.717, 1.165) is 0 Å². The molecule has 0 aromatic carbocycles. The smallest absolute Gasteiger partial charge is 0.342 e. The number of hydrogen-bond donors (Lipinski definition) is 8. The number of urea groups is 1. The monoisotopic (exact) mass is 475 g/mol. The lowest BCUT2D eigenvalue weighted by Crippen LogP contribution is -2.67. The standard InChI is InChI=1S/C15H26ClN3O12/c16-1-2-19(18-28)15(27)17-13-10(25)9(24)12(6(4-21)29-13)31-14-11(26)8(23)7(22)5(3-20)30-14/h5-14,20-26H,1-4H2,(H,17,27)/t5-,6-,7+,8+,9-,10-,11-,12-,13-,14+/m1/s1. The molecule has 180 valence electrons. The Bertz CT molecular complexity index is 602. The summed E-state index contributed by atoms with van der Waals surface area (Å²) in [6, 6.07) is -1.09. The van der Waals surface area contributed by atoms with E-state index in [9.17, 15) is 45.4 Å². The number of halogens is 1. The lowest BCUT2D eigenvalue weighted by Gasteiger charge is -2.46. The Kier molecular flexibility index (Phi) is 9.71. The molecule has 0 saturated carbocycles. The van der Waals surface area contributed by atoms with Gasteiger partial charge < -0.3 is 55.3 Å². The Morgan fingerprint density at radius 2 is 1.61 bits per heavy atom. The Hall–Kier alpha value is -1.24. The lowest BCUT2D eigenvalue weighted by molar-refractivity contribution is -0.342. The number of rotatable bonds is 8.